The normalized spacial score (nSPS) is 17.5. The van der Waals surface area contributed by atoms with Gasteiger partial charge in [0.2, 0.25) is 0 Å². The molecule has 0 nitrogen and oxygen atoms in total. The fourth-order valence-electron chi connectivity index (χ4n) is 4.44. The third kappa shape index (κ3) is 7.74. The summed E-state index contributed by atoms with van der Waals surface area (Å²) in [6.45, 7) is 0. The van der Waals surface area contributed by atoms with Gasteiger partial charge in [0.05, 0.1) is 0 Å². The molecule has 0 aliphatic rings. The topological polar surface area (TPSA) is 0 Å². The molecule has 0 aliphatic heterocycles. The molecular weight excluding hydrogens is 1270 g/mol. The number of hydrogen-bond acceptors (Lipinski definition) is 0. The second-order valence-electron chi connectivity index (χ2n) is 14.0. The van der Waals surface area contributed by atoms with Crippen LogP contribution >= 0.6 is 0 Å². The van der Waals surface area contributed by atoms with Crippen molar-refractivity contribution in [3.05, 3.63) is 6.43 Å². The third-order valence-electron chi connectivity index (χ3n) is 9.27. The predicted molar refractivity (Wildman–Crippen MR) is 125 cm³/mol. The Morgan fingerprint density at radius 2 is 0.197 bits per heavy atom. The van der Waals surface area contributed by atoms with Crippen molar-refractivity contribution in [3.63, 3.8) is 0 Å². The van der Waals surface area contributed by atoms with Gasteiger partial charge in [0, 0.05) is 0 Å². The van der Waals surface area contributed by atoms with E-state index in [0.29, 0.717) is 0 Å². The molecule has 0 N–H and O–H groups in total. The van der Waals surface area contributed by atoms with Crippen molar-refractivity contribution in [1.29, 1.82) is 0 Å². The number of halogens is 51. The van der Waals surface area contributed by atoms with Crippen molar-refractivity contribution in [2.75, 3.05) is 0 Å². The molecule has 0 aromatic carbocycles. The zero-order chi connectivity index (χ0) is 63.6. The Morgan fingerprint density at radius 1 is 0.118 bits per heavy atom. The summed E-state index contributed by atoms with van der Waals surface area (Å²) in [6, 6.07) is 0. The largest absolute Gasteiger partial charge is 0.460 e. The van der Waals surface area contributed by atoms with Crippen LogP contribution in [0.3, 0.4) is 0 Å². The van der Waals surface area contributed by atoms with E-state index < -0.39 is 149 Å². The molecule has 51 heteroatoms. The summed E-state index contributed by atoms with van der Waals surface area (Å²) in [5.74, 6) is -239. The van der Waals surface area contributed by atoms with Crippen LogP contribution in [0.25, 0.3) is 0 Å². The summed E-state index contributed by atoms with van der Waals surface area (Å²) in [6.07, 6.45) is -14.4. The van der Waals surface area contributed by atoms with Crippen molar-refractivity contribution in [2.45, 2.75) is 142 Å². The van der Waals surface area contributed by atoms with Gasteiger partial charge < -0.3 is 0 Å². The van der Waals surface area contributed by atoms with Crippen LogP contribution in [0.15, 0.2) is 0 Å². The minimum Gasteiger partial charge on any atom is -0.192 e. The molecule has 0 rings (SSSR count). The zero-order valence-electron chi connectivity index (χ0n) is 31.8. The average molecular weight is 1270 g/mol. The van der Waals surface area contributed by atoms with Crippen LogP contribution in [-0.2, 0) is 0 Å². The van der Waals surface area contributed by atoms with Crippen LogP contribution in [0.1, 0.15) is 0 Å². The number of alkyl halides is 49. The van der Waals surface area contributed by atoms with E-state index in [1.54, 1.807) is 0 Å². The molecule has 0 bridgehead atoms. The lowest BCUT2D eigenvalue weighted by Crippen LogP contribution is -2.81. The Balaban J connectivity index is 8.20. The van der Waals surface area contributed by atoms with Crippen molar-refractivity contribution in [2.24, 2.45) is 0 Å². The molecule has 457 valence electrons. The van der Waals surface area contributed by atoms with E-state index in [4.69, 9.17) is 0 Å². The second kappa shape index (κ2) is 17.2. The first-order valence-corrected chi connectivity index (χ1v) is 15.6. The quantitative estimate of drug-likeness (QED) is 0.0895. The second-order valence-corrected chi connectivity index (χ2v) is 14.0. The molecule has 0 aromatic rings. The molecule has 0 fully saturated rings. The molecule has 1 radical (unpaired) electrons. The molecule has 0 amide bonds. The van der Waals surface area contributed by atoms with Crippen molar-refractivity contribution in [3.8, 4) is 0 Å². The van der Waals surface area contributed by atoms with Crippen LogP contribution in [-0.4, -0.2) is 142 Å². The maximum absolute atomic E-state index is 14.1. The summed E-state index contributed by atoms with van der Waals surface area (Å²) in [7, 11) is 0. The van der Waals surface area contributed by atoms with Crippen LogP contribution in [0.4, 0.5) is 224 Å². The molecule has 0 saturated carbocycles. The van der Waals surface area contributed by atoms with Gasteiger partial charge in [-0.15, -0.1) is 0 Å². The van der Waals surface area contributed by atoms with Crippen LogP contribution in [0, 0.1) is 6.43 Å². The lowest BCUT2D eigenvalue weighted by molar-refractivity contribution is -0.498. The summed E-state index contributed by atoms with van der Waals surface area (Å²) >= 11 is 0. The maximum Gasteiger partial charge on any atom is 0.460 e. The first-order chi connectivity index (χ1) is 31.7. The van der Waals surface area contributed by atoms with E-state index in [9.17, 15) is 224 Å². The van der Waals surface area contributed by atoms with Crippen LogP contribution in [0.2, 0.25) is 0 Å². The summed E-state index contributed by atoms with van der Waals surface area (Å²) in [4.78, 5) is 0. The molecule has 76 heavy (non-hydrogen) atoms. The number of rotatable bonds is 23. The highest BCUT2D eigenvalue weighted by atomic mass is 19.5. The Bertz CT molecular complexity index is 2080. The van der Waals surface area contributed by atoms with E-state index in [1.807, 2.05) is 0 Å². The molecule has 0 unspecified atom stereocenters. The fourth-order valence-corrected chi connectivity index (χ4v) is 4.44. The molecule has 0 heterocycles. The monoisotopic (exact) mass is 1270 g/mol. The molecule has 0 atom stereocenters. The van der Waals surface area contributed by atoms with Gasteiger partial charge in [0.15, 0.2) is 0 Å². The Hall–Kier alpha value is -3.57. The van der Waals surface area contributed by atoms with Crippen molar-refractivity contribution >= 4 is 0 Å². The van der Waals surface area contributed by atoms with E-state index in [1.165, 1.54) is 0 Å². The lowest BCUT2D eigenvalue weighted by atomic mass is 9.81. The summed E-state index contributed by atoms with van der Waals surface area (Å²) < 4.78 is 693. The van der Waals surface area contributed by atoms with Gasteiger partial charge >= 0.3 is 149 Å². The fraction of sp³-hybridized carbons (Fsp3) is 0.960. The third-order valence-corrected chi connectivity index (χ3v) is 9.27. The highest BCUT2D eigenvalue weighted by Gasteiger charge is 3.04. The van der Waals surface area contributed by atoms with Gasteiger partial charge in [-0.3, -0.25) is 0 Å². The summed E-state index contributed by atoms with van der Waals surface area (Å²) in [5.41, 5.74) is 0. The molecule has 0 spiro atoms. The van der Waals surface area contributed by atoms with Gasteiger partial charge in [-0.05, 0) is 0 Å². The van der Waals surface area contributed by atoms with Gasteiger partial charge in [0.25, 0.3) is 0 Å². The van der Waals surface area contributed by atoms with E-state index in [-0.39, 0.29) is 0 Å². The van der Waals surface area contributed by atoms with E-state index in [0.717, 1.165) is 0 Å². The van der Waals surface area contributed by atoms with Crippen LogP contribution in [0.5, 0.6) is 0 Å². The standard InChI is InChI=1S/C25F51/c26-1(27)2(28,29)3(30,31)4(32,33)5(34,35)6(36,37)7(38,39)8(40,41)9(42,43)10(44,45)11(46,47)12(48,49)13(50,51)14(52,53)15(54,55)16(56,57)17(58,59)18(60,61)19(62,63)20(64,65)21(66,67)22(68,69)23(70,71)24(72,73)25(74,75)76. The SMILES string of the molecule is F[C](F)C(F)(F)C(F)(F)C(F)(F)C(F)(F)C(F)(F)C(F)(F)C(F)(F)C(F)(F)C(F)(F)C(F)(F)C(F)(F)C(F)(F)C(F)(F)C(F)(F)C(F)(F)C(F)(F)C(F)(F)C(F)(F)C(F)(F)C(F)(F)C(F)(F)C(F)(F)C(F)(F)C(F)(F)F. The zero-order valence-corrected chi connectivity index (χ0v) is 31.8. The molecule has 0 saturated heterocycles. The van der Waals surface area contributed by atoms with Crippen LogP contribution < -0.4 is 0 Å². The minimum absolute atomic E-state index is 5.78. The van der Waals surface area contributed by atoms with Crippen molar-refractivity contribution in [1.82, 2.24) is 0 Å². The first kappa shape index (κ1) is 72.4. The van der Waals surface area contributed by atoms with E-state index in [2.05, 4.69) is 0 Å². The average Bonchev–Trinajstić information content (AvgIpc) is 3.18. The van der Waals surface area contributed by atoms with Gasteiger partial charge in [0.1, 0.15) is 0 Å². The lowest BCUT2D eigenvalue weighted by Gasteiger charge is -2.48. The predicted octanol–water partition coefficient (Wildman–Crippen LogP) is 16.6. The molecular formula is C25F51. The molecule has 0 aromatic heterocycles. The number of hydrogen-bond donors (Lipinski definition) is 0. The first-order valence-electron chi connectivity index (χ1n) is 15.6. The van der Waals surface area contributed by atoms with Crippen molar-refractivity contribution < 1.29 is 224 Å². The highest BCUT2D eigenvalue weighted by Crippen LogP contribution is 2.73. The minimum atomic E-state index is -11.0. The molecule has 0 aliphatic carbocycles. The van der Waals surface area contributed by atoms with Gasteiger partial charge in [-0.1, -0.05) is 0 Å². The van der Waals surface area contributed by atoms with Gasteiger partial charge in [-0.2, -0.15) is 224 Å². The Labute approximate surface area is 374 Å². The Kier molecular flexibility index (Phi) is 16.4. The summed E-state index contributed by atoms with van der Waals surface area (Å²) in [5, 5.41) is 0. The van der Waals surface area contributed by atoms with Gasteiger partial charge in [-0.25, -0.2) is 0 Å². The smallest absolute Gasteiger partial charge is 0.192 e. The Morgan fingerprint density at radius 3 is 0.276 bits per heavy atom. The maximum atomic E-state index is 14.1. The van der Waals surface area contributed by atoms with E-state index >= 15 is 0 Å². The highest BCUT2D eigenvalue weighted by molar-refractivity contribution is 5.25.